The second kappa shape index (κ2) is 10.3. The lowest BCUT2D eigenvalue weighted by Gasteiger charge is -2.15. The Bertz CT molecular complexity index is 633. The quantitative estimate of drug-likeness (QED) is 0.475. The average molecular weight is 370 g/mol. The van der Waals surface area contributed by atoms with Gasteiger partial charge in [-0.2, -0.15) is 0 Å². The van der Waals surface area contributed by atoms with Gasteiger partial charge in [-0.3, -0.25) is 14.4 Å². The Hall–Kier alpha value is -2.61. The minimum absolute atomic E-state index is 0.0845. The van der Waals surface area contributed by atoms with E-state index >= 15 is 0 Å². The van der Waals surface area contributed by atoms with Crippen molar-refractivity contribution in [1.29, 1.82) is 0 Å². The molecule has 136 valence electrons. The number of rotatable bonds is 9. The zero-order valence-electron chi connectivity index (χ0n) is 13.7. The van der Waals surface area contributed by atoms with Gasteiger partial charge in [0.15, 0.2) is 6.04 Å². The Morgan fingerprint density at radius 1 is 1.00 bits per heavy atom. The minimum Gasteiger partial charge on any atom is -0.479 e. The third kappa shape index (κ3) is 8.16. The molecular weight excluding hydrogens is 350 g/mol. The lowest BCUT2D eigenvalue weighted by Crippen LogP contribution is -2.36. The molecule has 0 bridgehead atoms. The van der Waals surface area contributed by atoms with Gasteiger partial charge in [-0.1, -0.05) is 23.7 Å². The Balaban J connectivity index is 2.42. The van der Waals surface area contributed by atoms with Crippen LogP contribution >= 0.6 is 11.6 Å². The normalized spacial score (nSPS) is 11.3. The first kappa shape index (κ1) is 20.4. The van der Waals surface area contributed by atoms with E-state index in [-0.39, 0.29) is 31.2 Å². The number of amides is 3. The van der Waals surface area contributed by atoms with Crippen molar-refractivity contribution < 1.29 is 24.3 Å². The largest absolute Gasteiger partial charge is 0.479 e. The van der Waals surface area contributed by atoms with Crippen LogP contribution in [0.25, 0.3) is 0 Å². The van der Waals surface area contributed by atoms with Crippen LogP contribution in [-0.4, -0.2) is 41.9 Å². The highest BCUT2D eigenvalue weighted by atomic mass is 35.5. The number of carbonyl (C=O) groups excluding carboxylic acids is 3. The average Bonchev–Trinajstić information content (AvgIpc) is 2.55. The maximum atomic E-state index is 11.9. The molecule has 0 radical (unpaired) electrons. The smallest absolute Gasteiger partial charge is 0.330 e. The van der Waals surface area contributed by atoms with Crippen LogP contribution in [0.15, 0.2) is 24.3 Å². The minimum atomic E-state index is -1.22. The number of carboxylic acids is 1. The second-order valence-electron chi connectivity index (χ2n) is 5.22. The van der Waals surface area contributed by atoms with Crippen molar-refractivity contribution in [2.24, 2.45) is 0 Å². The molecule has 4 N–H and O–H groups in total. The first-order valence-corrected chi connectivity index (χ1v) is 7.96. The lowest BCUT2D eigenvalue weighted by molar-refractivity contribution is -0.142. The molecule has 0 saturated heterocycles. The number of nitrogens with one attached hydrogen (secondary N) is 3. The number of benzene rings is 1. The van der Waals surface area contributed by atoms with E-state index in [9.17, 15) is 24.3 Å². The molecule has 0 fully saturated rings. The van der Waals surface area contributed by atoms with Crippen LogP contribution in [0.2, 0.25) is 5.02 Å². The summed E-state index contributed by atoms with van der Waals surface area (Å²) in [7, 11) is 0. The highest BCUT2D eigenvalue weighted by Gasteiger charge is 2.22. The highest BCUT2D eigenvalue weighted by molar-refractivity contribution is 6.30. The van der Waals surface area contributed by atoms with Crippen LogP contribution < -0.4 is 16.0 Å². The molecule has 8 nitrogen and oxygen atoms in total. The lowest BCUT2D eigenvalue weighted by atomic mass is 10.1. The number of carbonyl (C=O) groups is 4. The predicted molar refractivity (Wildman–Crippen MR) is 90.9 cm³/mol. The standard InChI is InChI=1S/C16H20ClN3O5/c1-10(21)18-8-9-19-13(22)6-7-14(23)20-15(16(24)25)11-2-4-12(17)5-3-11/h2-5,15H,6-9H2,1H3,(H,18,21)(H,19,22)(H,20,23)(H,24,25). The van der Waals surface area contributed by atoms with Crippen molar-refractivity contribution in [2.45, 2.75) is 25.8 Å². The highest BCUT2D eigenvalue weighted by Crippen LogP contribution is 2.17. The van der Waals surface area contributed by atoms with Gasteiger partial charge in [0.05, 0.1) is 0 Å². The summed E-state index contributed by atoms with van der Waals surface area (Å²) in [6.07, 6.45) is -0.234. The fraction of sp³-hybridized carbons (Fsp3) is 0.375. The SMILES string of the molecule is CC(=O)NCCNC(=O)CCC(=O)NC(C(=O)O)c1ccc(Cl)cc1. The van der Waals surface area contributed by atoms with E-state index in [4.69, 9.17) is 11.6 Å². The van der Waals surface area contributed by atoms with Gasteiger partial charge in [-0.15, -0.1) is 0 Å². The summed E-state index contributed by atoms with van der Waals surface area (Å²) >= 11 is 5.75. The summed E-state index contributed by atoms with van der Waals surface area (Å²) in [6.45, 7) is 1.92. The summed E-state index contributed by atoms with van der Waals surface area (Å²) in [5, 5.41) is 17.1. The monoisotopic (exact) mass is 369 g/mol. The van der Waals surface area contributed by atoms with Gasteiger partial charge in [0.2, 0.25) is 17.7 Å². The fourth-order valence-electron chi connectivity index (χ4n) is 1.93. The van der Waals surface area contributed by atoms with E-state index in [1.165, 1.54) is 31.2 Å². The van der Waals surface area contributed by atoms with Crippen LogP contribution in [0.3, 0.4) is 0 Å². The zero-order chi connectivity index (χ0) is 18.8. The van der Waals surface area contributed by atoms with Crippen molar-refractivity contribution in [1.82, 2.24) is 16.0 Å². The maximum absolute atomic E-state index is 11.9. The van der Waals surface area contributed by atoms with E-state index in [0.29, 0.717) is 17.1 Å². The van der Waals surface area contributed by atoms with Crippen LogP contribution in [0, 0.1) is 0 Å². The number of aliphatic carboxylic acids is 1. The maximum Gasteiger partial charge on any atom is 0.330 e. The Kier molecular flexibility index (Phi) is 8.42. The van der Waals surface area contributed by atoms with Gasteiger partial charge in [0.25, 0.3) is 0 Å². The molecule has 1 unspecified atom stereocenters. The van der Waals surface area contributed by atoms with Crippen molar-refractivity contribution in [3.05, 3.63) is 34.9 Å². The number of hydrogen-bond acceptors (Lipinski definition) is 4. The van der Waals surface area contributed by atoms with E-state index < -0.39 is 17.9 Å². The summed E-state index contributed by atoms with van der Waals surface area (Å²) in [5.41, 5.74) is 0.380. The molecule has 9 heteroatoms. The molecular formula is C16H20ClN3O5. The van der Waals surface area contributed by atoms with Gasteiger partial charge >= 0.3 is 5.97 Å². The van der Waals surface area contributed by atoms with Gasteiger partial charge in [0.1, 0.15) is 0 Å². The van der Waals surface area contributed by atoms with E-state index in [1.807, 2.05) is 0 Å². The molecule has 0 heterocycles. The Labute approximate surface area is 149 Å². The van der Waals surface area contributed by atoms with E-state index in [0.717, 1.165) is 0 Å². The molecule has 1 rings (SSSR count). The molecule has 25 heavy (non-hydrogen) atoms. The van der Waals surface area contributed by atoms with Gasteiger partial charge in [0, 0.05) is 37.9 Å². The summed E-state index contributed by atoms with van der Waals surface area (Å²) in [5.74, 6) is -2.33. The number of hydrogen-bond donors (Lipinski definition) is 4. The Morgan fingerprint density at radius 2 is 1.56 bits per heavy atom. The predicted octanol–water partition coefficient (Wildman–Crippen LogP) is 0.614. The van der Waals surface area contributed by atoms with Crippen molar-refractivity contribution in [3.8, 4) is 0 Å². The molecule has 0 aliphatic rings. The molecule has 1 aromatic rings. The number of halogens is 1. The topological polar surface area (TPSA) is 125 Å². The van der Waals surface area contributed by atoms with Crippen LogP contribution in [-0.2, 0) is 19.2 Å². The van der Waals surface area contributed by atoms with Crippen molar-refractivity contribution >= 4 is 35.3 Å². The third-order valence-corrected chi connectivity index (χ3v) is 3.41. The summed E-state index contributed by atoms with van der Waals surface area (Å²) in [6, 6.07) is 4.86. The molecule has 0 aliphatic carbocycles. The van der Waals surface area contributed by atoms with E-state index in [2.05, 4.69) is 16.0 Å². The van der Waals surface area contributed by atoms with Crippen molar-refractivity contribution in [2.75, 3.05) is 13.1 Å². The second-order valence-corrected chi connectivity index (χ2v) is 5.66. The molecule has 0 saturated carbocycles. The molecule has 1 atom stereocenters. The van der Waals surface area contributed by atoms with Gasteiger partial charge in [-0.25, -0.2) is 4.79 Å². The van der Waals surface area contributed by atoms with Crippen LogP contribution in [0.5, 0.6) is 0 Å². The first-order valence-electron chi connectivity index (χ1n) is 7.58. The fourth-order valence-corrected chi connectivity index (χ4v) is 2.06. The summed E-state index contributed by atoms with van der Waals surface area (Å²) in [4.78, 5) is 45.5. The number of carboxylic acid groups (broad SMARTS) is 1. The molecule has 1 aromatic carbocycles. The summed E-state index contributed by atoms with van der Waals surface area (Å²) < 4.78 is 0. The zero-order valence-corrected chi connectivity index (χ0v) is 14.4. The third-order valence-electron chi connectivity index (χ3n) is 3.16. The van der Waals surface area contributed by atoms with Crippen molar-refractivity contribution in [3.63, 3.8) is 0 Å². The molecule has 0 spiro atoms. The Morgan fingerprint density at radius 3 is 2.12 bits per heavy atom. The van der Waals surface area contributed by atoms with Crippen LogP contribution in [0.1, 0.15) is 31.4 Å². The molecule has 0 aliphatic heterocycles. The molecule has 0 aromatic heterocycles. The van der Waals surface area contributed by atoms with Gasteiger partial charge < -0.3 is 21.1 Å². The molecule has 3 amide bonds. The van der Waals surface area contributed by atoms with E-state index in [1.54, 1.807) is 0 Å². The van der Waals surface area contributed by atoms with Gasteiger partial charge in [-0.05, 0) is 17.7 Å². The van der Waals surface area contributed by atoms with Crippen LogP contribution in [0.4, 0.5) is 0 Å². The first-order chi connectivity index (χ1) is 11.8.